The molecule has 0 saturated carbocycles. The summed E-state index contributed by atoms with van der Waals surface area (Å²) in [5, 5.41) is 3.56. The van der Waals surface area contributed by atoms with Crippen molar-refractivity contribution < 1.29 is 0 Å². The van der Waals surface area contributed by atoms with Crippen LogP contribution in [-0.2, 0) is 12.8 Å². The van der Waals surface area contributed by atoms with Gasteiger partial charge in [0.1, 0.15) is 0 Å². The van der Waals surface area contributed by atoms with Gasteiger partial charge in [-0.2, -0.15) is 0 Å². The van der Waals surface area contributed by atoms with E-state index in [1.807, 2.05) is 0 Å². The lowest BCUT2D eigenvalue weighted by Gasteiger charge is -2.40. The summed E-state index contributed by atoms with van der Waals surface area (Å²) in [4.78, 5) is 2.56. The molecule has 1 aromatic carbocycles. The SMILES string of the molecule is Cc1cccc2c1CC(C1CNCCN1C)CC2.Cl.Cl. The fourth-order valence-corrected chi connectivity index (χ4v) is 3.68. The summed E-state index contributed by atoms with van der Waals surface area (Å²) in [6, 6.07) is 7.53. The standard InChI is InChI=1S/C16H24N2.2ClH/c1-12-4-3-5-13-6-7-14(10-15(12)13)16-11-17-8-9-18(16)2;;/h3-5,14,16-17H,6-11H2,1-2H3;2*1H. The summed E-state index contributed by atoms with van der Waals surface area (Å²) in [5.74, 6) is 0.830. The van der Waals surface area contributed by atoms with Crippen molar-refractivity contribution in [2.75, 3.05) is 26.7 Å². The average Bonchev–Trinajstić information content (AvgIpc) is 2.40. The Morgan fingerprint density at radius 3 is 2.80 bits per heavy atom. The summed E-state index contributed by atoms with van der Waals surface area (Å²) in [6.07, 6.45) is 3.90. The third-order valence-corrected chi connectivity index (χ3v) is 4.86. The van der Waals surface area contributed by atoms with Crippen molar-refractivity contribution in [3.8, 4) is 0 Å². The Labute approximate surface area is 135 Å². The van der Waals surface area contributed by atoms with Crippen LogP contribution in [0.4, 0.5) is 0 Å². The van der Waals surface area contributed by atoms with Gasteiger partial charge in [0.25, 0.3) is 0 Å². The normalized spacial score (nSPS) is 26.1. The van der Waals surface area contributed by atoms with Crippen LogP contribution < -0.4 is 5.32 Å². The quantitative estimate of drug-likeness (QED) is 0.857. The summed E-state index contributed by atoms with van der Waals surface area (Å²) < 4.78 is 0. The molecule has 0 radical (unpaired) electrons. The third-order valence-electron chi connectivity index (χ3n) is 4.86. The predicted molar refractivity (Wildman–Crippen MR) is 90.5 cm³/mol. The average molecular weight is 317 g/mol. The molecule has 1 fully saturated rings. The number of nitrogens with one attached hydrogen (secondary N) is 1. The molecule has 1 aromatic rings. The van der Waals surface area contributed by atoms with Crippen molar-refractivity contribution in [2.45, 2.75) is 32.2 Å². The van der Waals surface area contributed by atoms with E-state index in [1.54, 1.807) is 11.1 Å². The molecule has 114 valence electrons. The van der Waals surface area contributed by atoms with Crippen molar-refractivity contribution in [3.05, 3.63) is 34.9 Å². The van der Waals surface area contributed by atoms with Crippen molar-refractivity contribution in [1.29, 1.82) is 0 Å². The molecule has 0 spiro atoms. The third kappa shape index (κ3) is 3.48. The van der Waals surface area contributed by atoms with E-state index in [2.05, 4.69) is 42.4 Å². The molecule has 2 nitrogen and oxygen atoms in total. The number of piperazine rings is 1. The maximum absolute atomic E-state index is 3.56. The molecule has 2 atom stereocenters. The van der Waals surface area contributed by atoms with Crippen LogP contribution in [0.5, 0.6) is 0 Å². The van der Waals surface area contributed by atoms with Crippen molar-refractivity contribution in [1.82, 2.24) is 10.2 Å². The maximum atomic E-state index is 3.56. The Bertz CT molecular complexity index is 436. The van der Waals surface area contributed by atoms with E-state index >= 15 is 0 Å². The maximum Gasteiger partial charge on any atom is 0.0249 e. The monoisotopic (exact) mass is 316 g/mol. The van der Waals surface area contributed by atoms with E-state index < -0.39 is 0 Å². The molecular weight excluding hydrogens is 291 g/mol. The van der Waals surface area contributed by atoms with E-state index in [0.29, 0.717) is 0 Å². The molecule has 2 unspecified atom stereocenters. The molecule has 4 heteroatoms. The molecule has 1 saturated heterocycles. The van der Waals surface area contributed by atoms with Crippen LogP contribution in [-0.4, -0.2) is 37.6 Å². The molecule has 20 heavy (non-hydrogen) atoms. The Kier molecular flexibility index (Phi) is 6.80. The molecule has 2 aliphatic rings. The molecule has 0 bridgehead atoms. The van der Waals surface area contributed by atoms with Crippen molar-refractivity contribution in [3.63, 3.8) is 0 Å². The second kappa shape index (κ2) is 7.65. The van der Waals surface area contributed by atoms with Gasteiger partial charge in [0, 0.05) is 25.7 Å². The number of hydrogen-bond acceptors (Lipinski definition) is 2. The van der Waals surface area contributed by atoms with Crippen LogP contribution >= 0.6 is 24.8 Å². The zero-order valence-electron chi connectivity index (χ0n) is 12.4. The molecule has 3 rings (SSSR count). The molecule has 1 aliphatic carbocycles. The van der Waals surface area contributed by atoms with Crippen LogP contribution in [0.1, 0.15) is 23.1 Å². The lowest BCUT2D eigenvalue weighted by Crippen LogP contribution is -2.53. The Hall–Kier alpha value is -0.280. The van der Waals surface area contributed by atoms with Gasteiger partial charge >= 0.3 is 0 Å². The molecular formula is C16H26Cl2N2. The van der Waals surface area contributed by atoms with E-state index in [-0.39, 0.29) is 24.8 Å². The van der Waals surface area contributed by atoms with Gasteiger partial charge < -0.3 is 10.2 Å². The van der Waals surface area contributed by atoms with Gasteiger partial charge in [0.2, 0.25) is 0 Å². The van der Waals surface area contributed by atoms with Crippen LogP contribution in [0.15, 0.2) is 18.2 Å². The summed E-state index contributed by atoms with van der Waals surface area (Å²) in [6.45, 7) is 5.78. The van der Waals surface area contributed by atoms with E-state index in [4.69, 9.17) is 0 Å². The Morgan fingerprint density at radius 1 is 1.25 bits per heavy atom. The first-order valence-electron chi connectivity index (χ1n) is 7.24. The van der Waals surface area contributed by atoms with E-state index in [1.165, 1.54) is 37.9 Å². The number of hydrogen-bond donors (Lipinski definition) is 1. The van der Waals surface area contributed by atoms with Crippen molar-refractivity contribution in [2.24, 2.45) is 5.92 Å². The summed E-state index contributed by atoms with van der Waals surface area (Å²) in [7, 11) is 2.29. The lowest BCUT2D eigenvalue weighted by molar-refractivity contribution is 0.133. The number of halogens is 2. The number of likely N-dealkylation sites (N-methyl/N-ethyl adjacent to an activating group) is 1. The van der Waals surface area contributed by atoms with Gasteiger partial charge in [0.05, 0.1) is 0 Å². The number of aryl methyl sites for hydroxylation is 2. The summed E-state index contributed by atoms with van der Waals surface area (Å²) in [5.41, 5.74) is 4.72. The van der Waals surface area contributed by atoms with E-state index in [0.717, 1.165) is 18.5 Å². The van der Waals surface area contributed by atoms with Gasteiger partial charge in [0.15, 0.2) is 0 Å². The minimum Gasteiger partial charge on any atom is -0.314 e. The van der Waals surface area contributed by atoms with Gasteiger partial charge in [-0.3, -0.25) is 0 Å². The van der Waals surface area contributed by atoms with Gasteiger partial charge in [-0.25, -0.2) is 0 Å². The fourth-order valence-electron chi connectivity index (χ4n) is 3.68. The summed E-state index contributed by atoms with van der Waals surface area (Å²) >= 11 is 0. The number of fused-ring (bicyclic) bond motifs is 1. The second-order valence-corrected chi connectivity index (χ2v) is 5.97. The number of nitrogens with zero attached hydrogens (tertiary/aromatic N) is 1. The van der Waals surface area contributed by atoms with Gasteiger partial charge in [-0.1, -0.05) is 18.2 Å². The van der Waals surface area contributed by atoms with Crippen LogP contribution in [0.25, 0.3) is 0 Å². The number of rotatable bonds is 1. The van der Waals surface area contributed by atoms with Crippen molar-refractivity contribution >= 4 is 24.8 Å². The van der Waals surface area contributed by atoms with Crippen LogP contribution in [0.3, 0.4) is 0 Å². The van der Waals surface area contributed by atoms with E-state index in [9.17, 15) is 0 Å². The zero-order valence-corrected chi connectivity index (χ0v) is 14.0. The molecule has 0 aromatic heterocycles. The highest BCUT2D eigenvalue weighted by atomic mass is 35.5. The minimum atomic E-state index is 0. The minimum absolute atomic E-state index is 0. The Balaban J connectivity index is 0.000001000. The highest BCUT2D eigenvalue weighted by Crippen LogP contribution is 2.31. The Morgan fingerprint density at radius 2 is 2.05 bits per heavy atom. The number of benzene rings is 1. The van der Waals surface area contributed by atoms with Crippen LogP contribution in [0.2, 0.25) is 0 Å². The largest absolute Gasteiger partial charge is 0.314 e. The first-order valence-corrected chi connectivity index (χ1v) is 7.24. The molecule has 1 N–H and O–H groups in total. The lowest BCUT2D eigenvalue weighted by atomic mass is 9.77. The highest BCUT2D eigenvalue weighted by Gasteiger charge is 2.30. The molecule has 1 aliphatic heterocycles. The highest BCUT2D eigenvalue weighted by molar-refractivity contribution is 5.85. The first-order chi connectivity index (χ1) is 8.75. The van der Waals surface area contributed by atoms with Gasteiger partial charge in [-0.05, 0) is 55.8 Å². The topological polar surface area (TPSA) is 15.3 Å². The molecule has 1 heterocycles. The van der Waals surface area contributed by atoms with Crippen LogP contribution in [0, 0.1) is 12.8 Å². The second-order valence-electron chi connectivity index (χ2n) is 5.97. The smallest absolute Gasteiger partial charge is 0.0249 e. The predicted octanol–water partition coefficient (Wildman–Crippen LogP) is 2.85. The fraction of sp³-hybridized carbons (Fsp3) is 0.625. The first kappa shape index (κ1) is 17.8. The zero-order chi connectivity index (χ0) is 12.5. The van der Waals surface area contributed by atoms with Gasteiger partial charge in [-0.15, -0.1) is 24.8 Å². The molecule has 0 amide bonds.